The van der Waals surface area contributed by atoms with E-state index in [1.807, 2.05) is 0 Å². The van der Waals surface area contributed by atoms with Gasteiger partial charge in [0.1, 0.15) is 5.82 Å². The summed E-state index contributed by atoms with van der Waals surface area (Å²) in [6, 6.07) is 0. The van der Waals surface area contributed by atoms with Crippen LogP contribution in [0.3, 0.4) is 0 Å². The molecule has 0 atom stereocenters. The molecule has 1 aromatic rings. The van der Waals surface area contributed by atoms with Crippen LogP contribution in [0.4, 0.5) is 14.6 Å². The molecule has 6 heteroatoms. The number of alkyl halides is 3. The van der Waals surface area contributed by atoms with Gasteiger partial charge in [-0.2, -0.15) is 0 Å². The monoisotopic (exact) mass is 264 g/mol. The number of rotatable bonds is 3. The van der Waals surface area contributed by atoms with Crippen LogP contribution >= 0.6 is 15.9 Å². The van der Waals surface area contributed by atoms with Gasteiger partial charge in [-0.3, -0.25) is 4.79 Å². The van der Waals surface area contributed by atoms with E-state index in [4.69, 9.17) is 5.73 Å². The molecular weight excluding hydrogens is 258 g/mol. The molecule has 0 saturated heterocycles. The third-order valence-electron chi connectivity index (χ3n) is 1.75. The highest BCUT2D eigenvalue weighted by Crippen LogP contribution is 2.28. The molecule has 0 aromatic carbocycles. The number of pyridine rings is 1. The molecule has 0 fully saturated rings. The normalized spacial score (nSPS) is 10.6. The molecule has 0 aliphatic carbocycles. The van der Waals surface area contributed by atoms with E-state index in [9.17, 15) is 13.6 Å². The zero-order valence-corrected chi connectivity index (χ0v) is 8.59. The molecule has 0 bridgehead atoms. The van der Waals surface area contributed by atoms with Crippen LogP contribution in [0.1, 0.15) is 27.9 Å². The largest absolute Gasteiger partial charge is 0.383 e. The number of nitrogens with two attached hydrogens (primary N) is 1. The number of aromatic nitrogens is 1. The molecule has 2 N–H and O–H groups in total. The third-order valence-corrected chi connectivity index (χ3v) is 2.36. The van der Waals surface area contributed by atoms with Crippen molar-refractivity contribution in [3.8, 4) is 0 Å². The average molecular weight is 265 g/mol. The van der Waals surface area contributed by atoms with Crippen molar-refractivity contribution in [2.45, 2.75) is 11.8 Å². The number of halogens is 3. The Balaban J connectivity index is 3.42. The third kappa shape index (κ3) is 1.89. The Morgan fingerprint density at radius 3 is 2.71 bits per heavy atom. The number of aldehydes is 1. The fourth-order valence-electron chi connectivity index (χ4n) is 1.07. The van der Waals surface area contributed by atoms with Gasteiger partial charge in [0.2, 0.25) is 0 Å². The molecule has 1 rings (SSSR count). The van der Waals surface area contributed by atoms with E-state index in [2.05, 4.69) is 20.9 Å². The zero-order valence-electron chi connectivity index (χ0n) is 7.01. The van der Waals surface area contributed by atoms with E-state index in [1.165, 1.54) is 6.20 Å². The Kier molecular flexibility index (Phi) is 3.51. The smallest absolute Gasteiger partial charge is 0.268 e. The van der Waals surface area contributed by atoms with E-state index in [0.29, 0.717) is 11.8 Å². The zero-order chi connectivity index (χ0) is 10.7. The first-order valence-corrected chi connectivity index (χ1v) is 4.80. The standard InChI is InChI=1S/C8H7BrF2N2O/c9-1-4-2-13-8(12)6(7(10)11)5(4)3-14/h2-3,7H,1H2,(H2,12,13). The lowest BCUT2D eigenvalue weighted by molar-refractivity contribution is 0.110. The van der Waals surface area contributed by atoms with Crippen LogP contribution in [0.5, 0.6) is 0 Å². The van der Waals surface area contributed by atoms with Gasteiger partial charge in [0.05, 0.1) is 5.56 Å². The molecule has 1 aromatic heterocycles. The summed E-state index contributed by atoms with van der Waals surface area (Å²) in [5, 5.41) is 0.286. The highest BCUT2D eigenvalue weighted by atomic mass is 79.9. The Hall–Kier alpha value is -1.04. The first-order chi connectivity index (χ1) is 6.61. The van der Waals surface area contributed by atoms with Gasteiger partial charge in [0, 0.05) is 17.1 Å². The first-order valence-electron chi connectivity index (χ1n) is 3.68. The molecule has 0 unspecified atom stereocenters. The quantitative estimate of drug-likeness (QED) is 0.674. The summed E-state index contributed by atoms with van der Waals surface area (Å²) in [5.74, 6) is -0.299. The van der Waals surface area contributed by atoms with Crippen molar-refractivity contribution in [1.82, 2.24) is 4.98 Å². The van der Waals surface area contributed by atoms with Gasteiger partial charge < -0.3 is 5.73 Å². The van der Waals surface area contributed by atoms with Crippen LogP contribution in [0, 0.1) is 0 Å². The average Bonchev–Trinajstić information content (AvgIpc) is 2.16. The lowest BCUT2D eigenvalue weighted by Gasteiger charge is -2.09. The number of anilines is 1. The molecule has 14 heavy (non-hydrogen) atoms. The van der Waals surface area contributed by atoms with Crippen LogP contribution < -0.4 is 5.73 Å². The van der Waals surface area contributed by atoms with Crippen molar-refractivity contribution >= 4 is 28.0 Å². The lowest BCUT2D eigenvalue weighted by atomic mass is 10.1. The van der Waals surface area contributed by atoms with Crippen molar-refractivity contribution in [1.29, 1.82) is 0 Å². The molecule has 0 amide bonds. The van der Waals surface area contributed by atoms with Crippen molar-refractivity contribution in [2.75, 3.05) is 5.73 Å². The SMILES string of the molecule is Nc1ncc(CBr)c(C=O)c1C(F)F. The molecule has 0 aliphatic rings. The van der Waals surface area contributed by atoms with Gasteiger partial charge in [-0.15, -0.1) is 0 Å². The first kappa shape index (κ1) is 11.0. The summed E-state index contributed by atoms with van der Waals surface area (Å²) < 4.78 is 25.0. The summed E-state index contributed by atoms with van der Waals surface area (Å²) >= 11 is 3.07. The number of hydrogen-bond donors (Lipinski definition) is 1. The molecule has 0 saturated carbocycles. The summed E-state index contributed by atoms with van der Waals surface area (Å²) in [6.07, 6.45) is -1.11. The molecular formula is C8H7BrF2N2O. The van der Waals surface area contributed by atoms with Crippen LogP contribution in [-0.4, -0.2) is 11.3 Å². The number of carbonyl (C=O) groups excluding carboxylic acids is 1. The second-order valence-corrected chi connectivity index (χ2v) is 3.11. The molecule has 0 aliphatic heterocycles. The maximum absolute atomic E-state index is 12.5. The molecule has 76 valence electrons. The highest BCUT2D eigenvalue weighted by molar-refractivity contribution is 9.08. The number of nitrogen functional groups attached to an aromatic ring is 1. The lowest BCUT2D eigenvalue weighted by Crippen LogP contribution is -2.05. The molecule has 0 spiro atoms. The van der Waals surface area contributed by atoms with Crippen molar-refractivity contribution in [3.63, 3.8) is 0 Å². The van der Waals surface area contributed by atoms with Gasteiger partial charge in [0.15, 0.2) is 6.29 Å². The van der Waals surface area contributed by atoms with Crippen LogP contribution in [0.25, 0.3) is 0 Å². The van der Waals surface area contributed by atoms with Crippen LogP contribution in [0.2, 0.25) is 0 Å². The maximum atomic E-state index is 12.5. The van der Waals surface area contributed by atoms with Crippen LogP contribution in [0.15, 0.2) is 6.20 Å². The van der Waals surface area contributed by atoms with Gasteiger partial charge in [-0.1, -0.05) is 15.9 Å². The van der Waals surface area contributed by atoms with E-state index in [-0.39, 0.29) is 16.7 Å². The Bertz CT molecular complexity index is 357. The van der Waals surface area contributed by atoms with Gasteiger partial charge in [-0.25, -0.2) is 13.8 Å². The second kappa shape index (κ2) is 4.45. The van der Waals surface area contributed by atoms with E-state index >= 15 is 0 Å². The minimum absolute atomic E-state index is 0.0793. The van der Waals surface area contributed by atoms with E-state index < -0.39 is 12.0 Å². The van der Waals surface area contributed by atoms with E-state index in [0.717, 1.165) is 0 Å². The second-order valence-electron chi connectivity index (χ2n) is 2.55. The molecule has 1 heterocycles. The fraction of sp³-hybridized carbons (Fsp3) is 0.250. The summed E-state index contributed by atoms with van der Waals surface area (Å²) in [4.78, 5) is 14.2. The minimum Gasteiger partial charge on any atom is -0.383 e. The molecule has 0 radical (unpaired) electrons. The number of nitrogens with zero attached hydrogens (tertiary/aromatic N) is 1. The molecule has 3 nitrogen and oxygen atoms in total. The van der Waals surface area contributed by atoms with Crippen molar-refractivity contribution in [2.24, 2.45) is 0 Å². The summed E-state index contributed by atoms with van der Waals surface area (Å²) in [7, 11) is 0. The summed E-state index contributed by atoms with van der Waals surface area (Å²) in [6.45, 7) is 0. The predicted octanol–water partition coefficient (Wildman–Crippen LogP) is 2.31. The number of hydrogen-bond acceptors (Lipinski definition) is 3. The van der Waals surface area contributed by atoms with Gasteiger partial charge in [-0.05, 0) is 5.56 Å². The van der Waals surface area contributed by atoms with Crippen molar-refractivity contribution < 1.29 is 13.6 Å². The van der Waals surface area contributed by atoms with Gasteiger partial charge in [0.25, 0.3) is 6.43 Å². The Morgan fingerprint density at radius 2 is 2.29 bits per heavy atom. The number of carbonyl (C=O) groups is 1. The minimum atomic E-state index is -2.79. The topological polar surface area (TPSA) is 56.0 Å². The van der Waals surface area contributed by atoms with Crippen molar-refractivity contribution in [3.05, 3.63) is 22.9 Å². The van der Waals surface area contributed by atoms with E-state index in [1.54, 1.807) is 0 Å². The van der Waals surface area contributed by atoms with Gasteiger partial charge >= 0.3 is 0 Å². The predicted molar refractivity (Wildman–Crippen MR) is 51.6 cm³/mol. The maximum Gasteiger partial charge on any atom is 0.268 e. The Labute approximate surface area is 87.4 Å². The summed E-state index contributed by atoms with van der Waals surface area (Å²) in [5.41, 5.74) is 5.09. The fourth-order valence-corrected chi connectivity index (χ4v) is 1.52. The van der Waals surface area contributed by atoms with Crippen LogP contribution in [-0.2, 0) is 5.33 Å². The Morgan fingerprint density at radius 1 is 1.64 bits per heavy atom. The highest BCUT2D eigenvalue weighted by Gasteiger charge is 2.19.